The van der Waals surface area contributed by atoms with E-state index >= 15 is 0 Å². The van der Waals surface area contributed by atoms with Crippen molar-refractivity contribution in [2.45, 2.75) is 32.7 Å². The van der Waals surface area contributed by atoms with Gasteiger partial charge in [-0.25, -0.2) is 0 Å². The summed E-state index contributed by atoms with van der Waals surface area (Å²) in [5.41, 5.74) is 0.924. The van der Waals surface area contributed by atoms with Crippen molar-refractivity contribution in [3.8, 4) is 0 Å². The minimum atomic E-state index is -0.403. The van der Waals surface area contributed by atoms with Crippen LogP contribution in [0.1, 0.15) is 25.8 Å². The molecule has 1 unspecified atom stereocenters. The average molecular weight is 298 g/mol. The van der Waals surface area contributed by atoms with E-state index in [1.807, 2.05) is 24.3 Å². The standard InChI is InChI=1S/C13H16BrNO2/c1-3-12(16)9(2)15-13(17)8-10-5-4-6-11(14)7-10/h4-7,9H,3,8H2,1-2H3,(H,15,17). The zero-order valence-electron chi connectivity index (χ0n) is 10.00. The Morgan fingerprint density at radius 3 is 2.71 bits per heavy atom. The molecule has 0 spiro atoms. The lowest BCUT2D eigenvalue weighted by molar-refractivity contribution is -0.126. The zero-order chi connectivity index (χ0) is 12.8. The molecule has 0 radical (unpaired) electrons. The van der Waals surface area contributed by atoms with E-state index in [4.69, 9.17) is 0 Å². The summed E-state index contributed by atoms with van der Waals surface area (Å²) < 4.78 is 0.945. The maximum atomic E-state index is 11.7. The molecule has 1 rings (SSSR count). The number of nitrogens with one attached hydrogen (secondary N) is 1. The highest BCUT2D eigenvalue weighted by atomic mass is 79.9. The monoisotopic (exact) mass is 297 g/mol. The topological polar surface area (TPSA) is 46.2 Å². The molecular formula is C13H16BrNO2. The molecule has 0 aliphatic heterocycles. The second-order valence-electron chi connectivity index (χ2n) is 3.92. The van der Waals surface area contributed by atoms with Gasteiger partial charge in [-0.3, -0.25) is 9.59 Å². The van der Waals surface area contributed by atoms with E-state index in [0.29, 0.717) is 12.8 Å². The van der Waals surface area contributed by atoms with Gasteiger partial charge >= 0.3 is 0 Å². The van der Waals surface area contributed by atoms with Gasteiger partial charge in [0, 0.05) is 10.9 Å². The van der Waals surface area contributed by atoms with Gasteiger partial charge < -0.3 is 5.32 Å². The highest BCUT2D eigenvalue weighted by Crippen LogP contribution is 2.12. The van der Waals surface area contributed by atoms with Gasteiger partial charge in [0.25, 0.3) is 0 Å². The van der Waals surface area contributed by atoms with Crippen LogP contribution in [0, 0.1) is 0 Å². The molecule has 0 saturated carbocycles. The molecule has 0 fully saturated rings. The molecule has 0 aromatic heterocycles. The van der Waals surface area contributed by atoms with E-state index < -0.39 is 6.04 Å². The predicted octanol–water partition coefficient (Wildman–Crippen LogP) is 2.48. The fraction of sp³-hybridized carbons (Fsp3) is 0.385. The van der Waals surface area contributed by atoms with Crippen LogP contribution in [0.15, 0.2) is 28.7 Å². The molecule has 3 nitrogen and oxygen atoms in total. The summed E-state index contributed by atoms with van der Waals surface area (Å²) in [5.74, 6) is -0.0787. The van der Waals surface area contributed by atoms with Gasteiger partial charge in [0.05, 0.1) is 12.5 Å². The minimum absolute atomic E-state index is 0.0487. The maximum Gasteiger partial charge on any atom is 0.224 e. The summed E-state index contributed by atoms with van der Waals surface area (Å²) in [5, 5.41) is 2.69. The number of rotatable bonds is 5. The van der Waals surface area contributed by atoms with Crippen LogP contribution >= 0.6 is 15.9 Å². The van der Waals surface area contributed by atoms with Crippen molar-refractivity contribution in [1.82, 2.24) is 5.32 Å². The first kappa shape index (κ1) is 13.9. The van der Waals surface area contributed by atoms with Crippen molar-refractivity contribution in [1.29, 1.82) is 0 Å². The highest BCUT2D eigenvalue weighted by Gasteiger charge is 2.13. The fourth-order valence-corrected chi connectivity index (χ4v) is 1.96. The van der Waals surface area contributed by atoms with Crippen LogP contribution in [0.3, 0.4) is 0 Å². The number of hydrogen-bond donors (Lipinski definition) is 1. The van der Waals surface area contributed by atoms with Crippen LogP contribution in [-0.2, 0) is 16.0 Å². The van der Waals surface area contributed by atoms with Crippen molar-refractivity contribution in [3.05, 3.63) is 34.3 Å². The fourth-order valence-electron chi connectivity index (χ4n) is 1.51. The van der Waals surface area contributed by atoms with E-state index in [0.717, 1.165) is 10.0 Å². The minimum Gasteiger partial charge on any atom is -0.346 e. The quantitative estimate of drug-likeness (QED) is 0.907. The third kappa shape index (κ3) is 4.69. The lowest BCUT2D eigenvalue weighted by Gasteiger charge is -2.11. The second kappa shape index (κ2) is 6.55. The highest BCUT2D eigenvalue weighted by molar-refractivity contribution is 9.10. The van der Waals surface area contributed by atoms with Crippen LogP contribution in [0.25, 0.3) is 0 Å². The normalized spacial score (nSPS) is 11.9. The first-order valence-electron chi connectivity index (χ1n) is 5.59. The molecule has 0 aliphatic carbocycles. The van der Waals surface area contributed by atoms with Gasteiger partial charge in [0.15, 0.2) is 5.78 Å². The number of hydrogen-bond acceptors (Lipinski definition) is 2. The van der Waals surface area contributed by atoms with Gasteiger partial charge in [-0.2, -0.15) is 0 Å². The molecule has 1 amide bonds. The van der Waals surface area contributed by atoms with Gasteiger partial charge in [-0.05, 0) is 24.6 Å². The molecule has 0 bridgehead atoms. The van der Waals surface area contributed by atoms with Crippen LogP contribution in [-0.4, -0.2) is 17.7 Å². The van der Waals surface area contributed by atoms with E-state index in [2.05, 4.69) is 21.2 Å². The molecule has 17 heavy (non-hydrogen) atoms. The maximum absolute atomic E-state index is 11.7. The number of halogens is 1. The molecule has 4 heteroatoms. The van der Waals surface area contributed by atoms with Crippen LogP contribution in [0.2, 0.25) is 0 Å². The van der Waals surface area contributed by atoms with Gasteiger partial charge in [-0.15, -0.1) is 0 Å². The molecular weight excluding hydrogens is 282 g/mol. The Hall–Kier alpha value is -1.16. The van der Waals surface area contributed by atoms with Crippen molar-refractivity contribution in [2.75, 3.05) is 0 Å². The molecule has 1 aromatic carbocycles. The summed E-state index contributed by atoms with van der Waals surface area (Å²) in [6, 6.07) is 7.17. The lowest BCUT2D eigenvalue weighted by Crippen LogP contribution is -2.39. The summed E-state index contributed by atoms with van der Waals surface area (Å²) >= 11 is 3.35. The molecule has 1 atom stereocenters. The molecule has 0 heterocycles. The van der Waals surface area contributed by atoms with Crippen molar-refractivity contribution in [2.24, 2.45) is 0 Å². The summed E-state index contributed by atoms with van der Waals surface area (Å²) in [7, 11) is 0. The molecule has 0 saturated heterocycles. The average Bonchev–Trinajstić information content (AvgIpc) is 2.27. The molecule has 1 N–H and O–H groups in total. The lowest BCUT2D eigenvalue weighted by atomic mass is 10.1. The Balaban J connectivity index is 2.53. The van der Waals surface area contributed by atoms with E-state index in [-0.39, 0.29) is 11.7 Å². The largest absolute Gasteiger partial charge is 0.346 e. The Labute approximate surface area is 110 Å². The SMILES string of the molecule is CCC(=O)C(C)NC(=O)Cc1cccc(Br)c1. The van der Waals surface area contributed by atoms with Crippen LogP contribution in [0.4, 0.5) is 0 Å². The van der Waals surface area contributed by atoms with Crippen LogP contribution in [0.5, 0.6) is 0 Å². The van der Waals surface area contributed by atoms with Crippen molar-refractivity contribution < 1.29 is 9.59 Å². The van der Waals surface area contributed by atoms with Gasteiger partial charge in [-0.1, -0.05) is 35.0 Å². The number of amides is 1. The number of carbonyl (C=O) groups excluding carboxylic acids is 2. The number of Topliss-reactive ketones (excluding diaryl/α,β-unsaturated/α-hetero) is 1. The Bertz CT molecular complexity index is 418. The molecule has 92 valence electrons. The summed E-state index contributed by atoms with van der Waals surface area (Å²) in [4.78, 5) is 23.0. The second-order valence-corrected chi connectivity index (χ2v) is 4.83. The Kier molecular flexibility index (Phi) is 5.35. The first-order valence-corrected chi connectivity index (χ1v) is 6.38. The van der Waals surface area contributed by atoms with Gasteiger partial charge in [0.1, 0.15) is 0 Å². The third-order valence-corrected chi connectivity index (χ3v) is 2.96. The number of carbonyl (C=O) groups is 2. The first-order chi connectivity index (χ1) is 8.02. The van der Waals surface area contributed by atoms with E-state index in [9.17, 15) is 9.59 Å². The summed E-state index contributed by atoms with van der Waals surface area (Å²) in [6.45, 7) is 3.50. The number of benzene rings is 1. The Morgan fingerprint density at radius 2 is 2.12 bits per heavy atom. The Morgan fingerprint density at radius 1 is 1.41 bits per heavy atom. The van der Waals surface area contributed by atoms with Crippen molar-refractivity contribution in [3.63, 3.8) is 0 Å². The van der Waals surface area contributed by atoms with Crippen LogP contribution < -0.4 is 5.32 Å². The van der Waals surface area contributed by atoms with E-state index in [1.165, 1.54) is 0 Å². The summed E-state index contributed by atoms with van der Waals surface area (Å²) in [6.07, 6.45) is 0.735. The smallest absolute Gasteiger partial charge is 0.224 e. The predicted molar refractivity (Wildman–Crippen MR) is 70.7 cm³/mol. The van der Waals surface area contributed by atoms with Crippen molar-refractivity contribution >= 4 is 27.6 Å². The third-order valence-electron chi connectivity index (χ3n) is 2.46. The van der Waals surface area contributed by atoms with E-state index in [1.54, 1.807) is 13.8 Å². The van der Waals surface area contributed by atoms with Gasteiger partial charge in [0.2, 0.25) is 5.91 Å². The molecule has 1 aromatic rings. The number of ketones is 1. The zero-order valence-corrected chi connectivity index (χ0v) is 11.6. The molecule has 0 aliphatic rings.